The molecule has 3 aliphatic carbocycles. The van der Waals surface area contributed by atoms with Gasteiger partial charge in [0.2, 0.25) is 17.7 Å². The number of rotatable bonds is 5. The first-order chi connectivity index (χ1) is 19.3. The van der Waals surface area contributed by atoms with Crippen molar-refractivity contribution >= 4 is 46.7 Å². The van der Waals surface area contributed by atoms with Crippen LogP contribution in [-0.2, 0) is 30.6 Å². The molecule has 0 saturated carbocycles. The molecular formula is C31H23Cl2N3O4. The third kappa shape index (κ3) is 3.25. The van der Waals surface area contributed by atoms with E-state index >= 15 is 0 Å². The number of anilines is 1. The minimum Gasteiger partial charge on any atom is -0.360 e. The average Bonchev–Trinajstić information content (AvgIpc) is 3.50. The third-order valence-corrected chi connectivity index (χ3v) is 9.67. The summed E-state index contributed by atoms with van der Waals surface area (Å²) in [5.41, 5.74) is 3.60. The maximum atomic E-state index is 14.4. The van der Waals surface area contributed by atoms with Crippen molar-refractivity contribution in [2.45, 2.75) is 29.1 Å². The highest BCUT2D eigenvalue weighted by Crippen LogP contribution is 2.69. The minimum atomic E-state index is -1.33. The summed E-state index contributed by atoms with van der Waals surface area (Å²) in [4.78, 5) is 41.1. The summed E-state index contributed by atoms with van der Waals surface area (Å²) in [6.45, 7) is 1.70. The topological polar surface area (TPSA) is 92.5 Å². The van der Waals surface area contributed by atoms with Crippen LogP contribution in [0.25, 0.3) is 0 Å². The molecule has 8 rings (SSSR count). The van der Waals surface area contributed by atoms with E-state index in [-0.39, 0.29) is 12.2 Å². The number of aryl methyl sites for hydroxylation is 1. The fourth-order valence-electron chi connectivity index (χ4n) is 6.77. The fraction of sp³-hybridized carbons (Fsp3) is 0.226. The molecule has 1 aliphatic heterocycles. The van der Waals surface area contributed by atoms with Gasteiger partial charge in [0, 0.05) is 12.5 Å². The normalized spacial score (nSPS) is 26.7. The van der Waals surface area contributed by atoms with Crippen LogP contribution in [0.15, 0.2) is 89.5 Å². The predicted molar refractivity (Wildman–Crippen MR) is 149 cm³/mol. The molecule has 4 aliphatic rings. The SMILES string of the molecule is Cc1cc(NC(=O)[C@H](Cc2ccccc2)N2C(=O)[C@@H]3[C@H](C2=O)C2(Cl)c4ccccc4C3(Cl)c3ccccc32)no1. The van der Waals surface area contributed by atoms with E-state index in [4.69, 9.17) is 27.7 Å². The summed E-state index contributed by atoms with van der Waals surface area (Å²) in [5.74, 6) is -2.90. The lowest BCUT2D eigenvalue weighted by molar-refractivity contribution is -0.146. The van der Waals surface area contributed by atoms with Crippen LogP contribution < -0.4 is 5.32 Å². The molecule has 1 fully saturated rings. The Morgan fingerprint density at radius 3 is 1.80 bits per heavy atom. The van der Waals surface area contributed by atoms with Gasteiger partial charge in [-0.25, -0.2) is 0 Å². The van der Waals surface area contributed by atoms with E-state index in [2.05, 4.69) is 10.5 Å². The van der Waals surface area contributed by atoms with E-state index in [0.29, 0.717) is 28.0 Å². The second-order valence-electron chi connectivity index (χ2n) is 10.5. The molecule has 1 N–H and O–H groups in total. The van der Waals surface area contributed by atoms with Gasteiger partial charge in [-0.15, -0.1) is 23.2 Å². The number of carbonyl (C=O) groups excluding carboxylic acids is 3. The van der Waals surface area contributed by atoms with Gasteiger partial charge < -0.3 is 9.84 Å². The highest BCUT2D eigenvalue weighted by Gasteiger charge is 2.73. The Bertz CT molecular complexity index is 1580. The van der Waals surface area contributed by atoms with Crippen molar-refractivity contribution in [1.82, 2.24) is 10.1 Å². The molecule has 1 saturated heterocycles. The first-order valence-corrected chi connectivity index (χ1v) is 13.7. The number of hydrogen-bond acceptors (Lipinski definition) is 5. The molecule has 0 radical (unpaired) electrons. The Hall–Kier alpha value is -3.94. The third-order valence-electron chi connectivity index (χ3n) is 8.38. The summed E-state index contributed by atoms with van der Waals surface area (Å²) in [7, 11) is 0. The Balaban J connectivity index is 1.37. The number of nitrogens with one attached hydrogen (secondary N) is 1. The van der Waals surface area contributed by atoms with Gasteiger partial charge in [0.15, 0.2) is 5.82 Å². The van der Waals surface area contributed by atoms with Crippen LogP contribution >= 0.6 is 23.2 Å². The summed E-state index contributed by atoms with van der Waals surface area (Å²) >= 11 is 15.1. The Morgan fingerprint density at radius 2 is 1.35 bits per heavy atom. The number of nitrogens with zero attached hydrogens (tertiary/aromatic N) is 2. The molecule has 2 bridgehead atoms. The fourth-order valence-corrected chi connectivity index (χ4v) is 7.87. The van der Waals surface area contributed by atoms with Crippen molar-refractivity contribution in [2.75, 3.05) is 5.32 Å². The molecule has 3 aromatic carbocycles. The lowest BCUT2D eigenvalue weighted by Gasteiger charge is -2.54. The van der Waals surface area contributed by atoms with Gasteiger partial charge in [-0.05, 0) is 34.7 Å². The molecule has 7 nitrogen and oxygen atoms in total. The molecule has 1 aromatic heterocycles. The van der Waals surface area contributed by atoms with Crippen molar-refractivity contribution in [1.29, 1.82) is 0 Å². The first kappa shape index (κ1) is 25.1. The van der Waals surface area contributed by atoms with Crippen molar-refractivity contribution in [3.8, 4) is 0 Å². The molecule has 3 amide bonds. The van der Waals surface area contributed by atoms with Crippen LogP contribution in [0.4, 0.5) is 5.82 Å². The largest absolute Gasteiger partial charge is 0.360 e. The Labute approximate surface area is 240 Å². The van der Waals surface area contributed by atoms with Gasteiger partial charge in [0.1, 0.15) is 21.6 Å². The second kappa shape index (κ2) is 8.78. The quantitative estimate of drug-likeness (QED) is 0.265. The Morgan fingerprint density at radius 1 is 0.875 bits per heavy atom. The molecule has 3 atom stereocenters. The number of halogens is 2. The van der Waals surface area contributed by atoms with E-state index in [1.807, 2.05) is 78.9 Å². The molecule has 0 spiro atoms. The molecule has 200 valence electrons. The molecular weight excluding hydrogens is 549 g/mol. The molecule has 2 heterocycles. The number of benzene rings is 3. The van der Waals surface area contributed by atoms with Crippen molar-refractivity contribution in [3.63, 3.8) is 0 Å². The molecule has 9 heteroatoms. The number of hydrogen-bond donors (Lipinski definition) is 1. The van der Waals surface area contributed by atoms with Crippen LogP contribution in [0, 0.1) is 18.8 Å². The van der Waals surface area contributed by atoms with Crippen molar-refractivity contribution in [3.05, 3.63) is 119 Å². The molecule has 0 unspecified atom stereocenters. The minimum absolute atomic E-state index is 0.102. The maximum Gasteiger partial charge on any atom is 0.249 e. The zero-order valence-corrected chi connectivity index (χ0v) is 22.8. The monoisotopic (exact) mass is 571 g/mol. The lowest BCUT2D eigenvalue weighted by atomic mass is 9.54. The predicted octanol–water partition coefficient (Wildman–Crippen LogP) is 5.13. The van der Waals surface area contributed by atoms with E-state index in [0.717, 1.165) is 10.5 Å². The van der Waals surface area contributed by atoms with Gasteiger partial charge in [0.05, 0.1) is 11.8 Å². The van der Waals surface area contributed by atoms with E-state index in [1.165, 1.54) is 0 Å². The van der Waals surface area contributed by atoms with Gasteiger partial charge in [0.25, 0.3) is 0 Å². The van der Waals surface area contributed by atoms with Crippen LogP contribution in [0.2, 0.25) is 0 Å². The summed E-state index contributed by atoms with van der Waals surface area (Å²) in [6, 6.07) is 24.5. The highest BCUT2D eigenvalue weighted by atomic mass is 35.5. The number of alkyl halides is 2. The van der Waals surface area contributed by atoms with Crippen molar-refractivity contribution < 1.29 is 18.9 Å². The number of amides is 3. The zero-order chi connectivity index (χ0) is 27.8. The summed E-state index contributed by atoms with van der Waals surface area (Å²) < 4.78 is 5.10. The molecule has 40 heavy (non-hydrogen) atoms. The van der Waals surface area contributed by atoms with E-state index in [1.54, 1.807) is 13.0 Å². The maximum absolute atomic E-state index is 14.4. The van der Waals surface area contributed by atoms with Crippen molar-refractivity contribution in [2.24, 2.45) is 11.8 Å². The average molecular weight is 572 g/mol. The lowest BCUT2D eigenvalue weighted by Crippen LogP contribution is -2.57. The summed E-state index contributed by atoms with van der Waals surface area (Å²) in [5, 5.41) is 6.57. The van der Waals surface area contributed by atoms with E-state index < -0.39 is 45.3 Å². The van der Waals surface area contributed by atoms with Gasteiger partial charge in [-0.1, -0.05) is 84.0 Å². The smallest absolute Gasteiger partial charge is 0.249 e. The van der Waals surface area contributed by atoms with Gasteiger partial charge in [-0.3, -0.25) is 19.3 Å². The van der Waals surface area contributed by atoms with Gasteiger partial charge in [-0.2, -0.15) is 0 Å². The standard InChI is InChI=1S/C31H23Cl2N3O4/c1-17-15-24(35-40-17)34-27(37)23(16-18-9-3-2-4-10-18)36-28(38)25-26(29(36)39)31(33)20-12-6-5-11-19(20)30(25,32)21-13-7-8-14-22(21)31/h2-15,23,25-26H,16H2,1H3,(H,34,35,37)/t23-,25-,26+,30?,31?/m0/s1. The van der Waals surface area contributed by atoms with Crippen LogP contribution in [-0.4, -0.2) is 33.8 Å². The number of carbonyl (C=O) groups is 3. The van der Waals surface area contributed by atoms with Gasteiger partial charge >= 0.3 is 0 Å². The number of aromatic nitrogens is 1. The van der Waals surface area contributed by atoms with Crippen LogP contribution in [0.1, 0.15) is 33.6 Å². The zero-order valence-electron chi connectivity index (χ0n) is 21.3. The molecule has 4 aromatic rings. The second-order valence-corrected chi connectivity index (χ2v) is 11.7. The Kier molecular flexibility index (Phi) is 5.50. The van der Waals surface area contributed by atoms with Crippen LogP contribution in [0.3, 0.4) is 0 Å². The number of likely N-dealkylation sites (tertiary alicyclic amines) is 1. The van der Waals surface area contributed by atoms with E-state index in [9.17, 15) is 14.4 Å². The number of imide groups is 1. The first-order valence-electron chi connectivity index (χ1n) is 13.0. The van der Waals surface area contributed by atoms with Crippen LogP contribution in [0.5, 0.6) is 0 Å². The highest BCUT2D eigenvalue weighted by molar-refractivity contribution is 6.36. The summed E-state index contributed by atoms with van der Waals surface area (Å²) in [6.07, 6.45) is 0.102.